The number of hydrogen-bond acceptors (Lipinski definition) is 2. The van der Waals surface area contributed by atoms with Crippen molar-refractivity contribution >= 4 is 54.2 Å². The average Bonchev–Trinajstić information content (AvgIpc) is 2.58. The van der Waals surface area contributed by atoms with Gasteiger partial charge in [0.2, 0.25) is 0 Å². The molecule has 0 aliphatic heterocycles. The lowest BCUT2D eigenvalue weighted by molar-refractivity contribution is -0.143. The molecule has 4 aromatic rings. The van der Waals surface area contributed by atoms with Crippen molar-refractivity contribution in [1.82, 2.24) is 0 Å². The van der Waals surface area contributed by atoms with Gasteiger partial charge in [-0.25, -0.2) is 0 Å². The van der Waals surface area contributed by atoms with Gasteiger partial charge >= 0.3 is 5.97 Å². The van der Waals surface area contributed by atoms with Crippen molar-refractivity contribution in [3.8, 4) is 0 Å². The van der Waals surface area contributed by atoms with Crippen molar-refractivity contribution in [3.63, 3.8) is 0 Å². The molecule has 0 aliphatic rings. The van der Waals surface area contributed by atoms with Crippen LogP contribution in [0.3, 0.4) is 0 Å². The van der Waals surface area contributed by atoms with E-state index in [2.05, 4.69) is 64.5 Å². The van der Waals surface area contributed by atoms with Crippen LogP contribution in [0.15, 0.2) is 54.6 Å². The Bertz CT molecular complexity index is 1000. The second-order valence-electron chi connectivity index (χ2n) is 5.80. The van der Waals surface area contributed by atoms with Gasteiger partial charge in [-0.05, 0) is 44.8 Å². The molecule has 23 heavy (non-hydrogen) atoms. The van der Waals surface area contributed by atoms with Gasteiger partial charge in [-0.3, -0.25) is 4.79 Å². The Morgan fingerprint density at radius 2 is 1.57 bits per heavy atom. The first kappa shape index (κ1) is 14.5. The maximum absolute atomic E-state index is 11.7. The van der Waals surface area contributed by atoms with Crippen LogP contribution in [0, 0.1) is 0 Å². The number of carbonyl (C=O) groups is 1. The van der Waals surface area contributed by atoms with Crippen molar-refractivity contribution in [2.75, 3.05) is 0 Å². The van der Waals surface area contributed by atoms with E-state index in [-0.39, 0.29) is 10.8 Å². The summed E-state index contributed by atoms with van der Waals surface area (Å²) in [6, 6.07) is 19.1. The summed E-state index contributed by atoms with van der Waals surface area (Å²) < 4.78 is 5.39. The van der Waals surface area contributed by atoms with Gasteiger partial charge in [0, 0.05) is 0 Å². The minimum Gasteiger partial charge on any atom is -0.460 e. The summed E-state index contributed by atoms with van der Waals surface area (Å²) in [5.41, 5.74) is 1.04. The SMILES string of the molecule is CC(Br)C(=O)OCc1ccc2ccc3cccc4ccc1c2c34. The molecule has 0 fully saturated rings. The zero-order chi connectivity index (χ0) is 16.0. The molecule has 0 heterocycles. The summed E-state index contributed by atoms with van der Waals surface area (Å²) in [6.45, 7) is 2.06. The van der Waals surface area contributed by atoms with E-state index < -0.39 is 0 Å². The average molecular weight is 367 g/mol. The first-order valence-corrected chi connectivity index (χ1v) is 8.53. The van der Waals surface area contributed by atoms with E-state index in [1.807, 2.05) is 6.07 Å². The van der Waals surface area contributed by atoms with E-state index >= 15 is 0 Å². The molecule has 0 radical (unpaired) electrons. The summed E-state index contributed by atoms with van der Waals surface area (Å²) >= 11 is 3.24. The van der Waals surface area contributed by atoms with Gasteiger partial charge in [-0.15, -0.1) is 0 Å². The number of benzene rings is 4. The lowest BCUT2D eigenvalue weighted by Gasteiger charge is -2.14. The van der Waals surface area contributed by atoms with Gasteiger partial charge < -0.3 is 4.74 Å². The number of carbonyl (C=O) groups excluding carboxylic acids is 1. The van der Waals surface area contributed by atoms with Crippen LogP contribution >= 0.6 is 15.9 Å². The van der Waals surface area contributed by atoms with Gasteiger partial charge in [-0.2, -0.15) is 0 Å². The summed E-state index contributed by atoms with van der Waals surface area (Å²) in [6.07, 6.45) is 0. The van der Waals surface area contributed by atoms with Crippen molar-refractivity contribution in [1.29, 1.82) is 0 Å². The fourth-order valence-electron chi connectivity index (χ4n) is 3.19. The minimum atomic E-state index is -0.290. The molecule has 2 nitrogen and oxygen atoms in total. The summed E-state index contributed by atoms with van der Waals surface area (Å²) in [4.78, 5) is 11.4. The zero-order valence-electron chi connectivity index (χ0n) is 12.7. The summed E-state index contributed by atoms with van der Waals surface area (Å²) in [5.74, 6) is -0.240. The number of alkyl halides is 1. The molecular weight excluding hydrogens is 352 g/mol. The molecule has 4 aromatic carbocycles. The van der Waals surface area contributed by atoms with Crippen LogP contribution in [0.5, 0.6) is 0 Å². The van der Waals surface area contributed by atoms with Crippen LogP contribution in [0.25, 0.3) is 32.3 Å². The van der Waals surface area contributed by atoms with Crippen molar-refractivity contribution < 1.29 is 9.53 Å². The molecule has 0 aliphatic carbocycles. The van der Waals surface area contributed by atoms with Gasteiger partial charge in [0.15, 0.2) is 0 Å². The molecule has 0 amide bonds. The normalized spacial score (nSPS) is 13.0. The van der Waals surface area contributed by atoms with Gasteiger partial charge in [0.25, 0.3) is 0 Å². The molecule has 4 rings (SSSR count). The molecule has 0 aromatic heterocycles. The molecule has 1 unspecified atom stereocenters. The first-order valence-electron chi connectivity index (χ1n) is 7.61. The number of hydrogen-bond donors (Lipinski definition) is 0. The Kier molecular flexibility index (Phi) is 3.46. The van der Waals surface area contributed by atoms with Crippen LogP contribution in [0.1, 0.15) is 12.5 Å². The molecule has 0 N–H and O–H groups in total. The number of halogens is 1. The molecule has 0 saturated heterocycles. The standard InChI is InChI=1S/C20H15BrO2/c1-12(21)20(22)23-11-16-8-7-15-6-5-13-3-2-4-14-9-10-17(16)19(15)18(13)14/h2-10,12H,11H2,1H3. The zero-order valence-corrected chi connectivity index (χ0v) is 14.3. The third kappa shape index (κ3) is 2.36. The van der Waals surface area contributed by atoms with Gasteiger partial charge in [0.05, 0.1) is 0 Å². The fourth-order valence-corrected chi connectivity index (χ4v) is 3.32. The topological polar surface area (TPSA) is 26.3 Å². The molecule has 0 spiro atoms. The molecule has 114 valence electrons. The van der Waals surface area contributed by atoms with Crippen LogP contribution in [-0.2, 0) is 16.1 Å². The highest BCUT2D eigenvalue weighted by atomic mass is 79.9. The van der Waals surface area contributed by atoms with Gasteiger partial charge in [0.1, 0.15) is 11.4 Å². The maximum atomic E-state index is 11.7. The predicted octanol–water partition coefficient (Wildman–Crippen LogP) is 5.41. The van der Waals surface area contributed by atoms with E-state index in [0.29, 0.717) is 6.61 Å². The summed E-state index contributed by atoms with van der Waals surface area (Å²) in [7, 11) is 0. The van der Waals surface area contributed by atoms with Crippen molar-refractivity contribution in [3.05, 3.63) is 60.2 Å². The largest absolute Gasteiger partial charge is 0.460 e. The Labute approximate surface area is 142 Å². The minimum absolute atomic E-state index is 0.240. The van der Waals surface area contributed by atoms with Gasteiger partial charge in [-0.1, -0.05) is 70.5 Å². The van der Waals surface area contributed by atoms with Crippen LogP contribution < -0.4 is 0 Å². The second-order valence-corrected chi connectivity index (χ2v) is 7.18. The highest BCUT2D eigenvalue weighted by Crippen LogP contribution is 2.36. The molecule has 1 atom stereocenters. The lowest BCUT2D eigenvalue weighted by Crippen LogP contribution is -2.13. The quantitative estimate of drug-likeness (QED) is 0.275. The van der Waals surface area contributed by atoms with Crippen LogP contribution in [0.2, 0.25) is 0 Å². The Hall–Kier alpha value is -2.13. The first-order chi connectivity index (χ1) is 11.1. The van der Waals surface area contributed by atoms with Crippen molar-refractivity contribution in [2.45, 2.75) is 18.4 Å². The summed E-state index contributed by atoms with van der Waals surface area (Å²) in [5, 5.41) is 7.38. The van der Waals surface area contributed by atoms with Crippen LogP contribution in [0.4, 0.5) is 0 Å². The van der Waals surface area contributed by atoms with E-state index in [0.717, 1.165) is 10.9 Å². The highest BCUT2D eigenvalue weighted by molar-refractivity contribution is 9.10. The van der Waals surface area contributed by atoms with E-state index in [4.69, 9.17) is 4.74 Å². The van der Waals surface area contributed by atoms with Crippen LogP contribution in [-0.4, -0.2) is 10.8 Å². The lowest BCUT2D eigenvalue weighted by atomic mass is 9.92. The predicted molar refractivity (Wildman–Crippen MR) is 98.3 cm³/mol. The second kappa shape index (κ2) is 5.50. The number of ether oxygens (including phenoxy) is 1. The number of rotatable bonds is 3. The molecular formula is C20H15BrO2. The Morgan fingerprint density at radius 1 is 0.957 bits per heavy atom. The molecule has 0 bridgehead atoms. The maximum Gasteiger partial charge on any atom is 0.319 e. The van der Waals surface area contributed by atoms with Crippen molar-refractivity contribution in [2.24, 2.45) is 0 Å². The van der Waals surface area contributed by atoms with E-state index in [9.17, 15) is 4.79 Å². The molecule has 3 heteroatoms. The highest BCUT2D eigenvalue weighted by Gasteiger charge is 2.13. The smallest absolute Gasteiger partial charge is 0.319 e. The third-order valence-corrected chi connectivity index (χ3v) is 4.69. The fraction of sp³-hybridized carbons (Fsp3) is 0.150. The molecule has 0 saturated carbocycles. The third-order valence-electron chi connectivity index (χ3n) is 4.31. The monoisotopic (exact) mass is 366 g/mol. The number of esters is 1. The Morgan fingerprint density at radius 3 is 2.26 bits per heavy atom. The van der Waals surface area contributed by atoms with E-state index in [1.165, 1.54) is 26.9 Å². The van der Waals surface area contributed by atoms with E-state index in [1.54, 1.807) is 6.92 Å². The Balaban J connectivity index is 1.91.